The van der Waals surface area contributed by atoms with Gasteiger partial charge in [0, 0.05) is 4.91 Å². The molecule has 1 saturated carbocycles. The molecule has 0 heterocycles. The summed E-state index contributed by atoms with van der Waals surface area (Å²) in [5.41, 5.74) is 8.18. The topological polar surface area (TPSA) is 69.0 Å². The first-order valence-corrected chi connectivity index (χ1v) is 4.07. The van der Waals surface area contributed by atoms with Gasteiger partial charge in [-0.2, -0.15) is 0 Å². The summed E-state index contributed by atoms with van der Waals surface area (Å²) >= 11 is 0. The van der Waals surface area contributed by atoms with Crippen LogP contribution in [0.2, 0.25) is 0 Å². The van der Waals surface area contributed by atoms with Crippen LogP contribution in [0.5, 0.6) is 0 Å². The monoisotopic (exact) mass is 155 g/mol. The van der Waals surface area contributed by atoms with Crippen LogP contribution in [-0.4, -0.2) is 17.3 Å². The second-order valence-corrected chi connectivity index (χ2v) is 2.98. The molecule has 11 heavy (non-hydrogen) atoms. The zero-order valence-corrected chi connectivity index (χ0v) is 6.48. The fourth-order valence-corrected chi connectivity index (χ4v) is 1.47. The molecule has 1 fully saturated rings. The number of nitrogens with zero attached hydrogens (tertiary/aromatic N) is 3. The van der Waals surface area contributed by atoms with E-state index in [1.165, 1.54) is 0 Å². The average molecular weight is 155 g/mol. The number of azide groups is 1. The first-order valence-electron chi connectivity index (χ1n) is 4.07. The van der Waals surface area contributed by atoms with E-state index in [4.69, 9.17) is 5.53 Å². The molecule has 4 heteroatoms. The van der Waals surface area contributed by atoms with Crippen LogP contribution in [0.25, 0.3) is 10.4 Å². The van der Waals surface area contributed by atoms with Gasteiger partial charge in [-0.15, -0.1) is 0 Å². The number of rotatable bonds is 1. The Hall–Kier alpha value is -0.730. The van der Waals surface area contributed by atoms with E-state index in [1.807, 2.05) is 0 Å². The highest BCUT2D eigenvalue weighted by Crippen LogP contribution is 2.20. The van der Waals surface area contributed by atoms with Gasteiger partial charge in [-0.25, -0.2) is 0 Å². The van der Waals surface area contributed by atoms with Crippen LogP contribution in [0.1, 0.15) is 32.1 Å². The van der Waals surface area contributed by atoms with Gasteiger partial charge in [0.2, 0.25) is 0 Å². The Morgan fingerprint density at radius 2 is 2.00 bits per heavy atom. The van der Waals surface area contributed by atoms with Crippen LogP contribution >= 0.6 is 0 Å². The van der Waals surface area contributed by atoms with Crippen molar-refractivity contribution < 1.29 is 5.11 Å². The lowest BCUT2D eigenvalue weighted by atomic mass is 10.1. The molecule has 1 rings (SSSR count). The largest absolute Gasteiger partial charge is 0.393 e. The molecule has 0 spiro atoms. The maximum Gasteiger partial charge on any atom is 0.0633 e. The molecule has 4 nitrogen and oxygen atoms in total. The molecule has 1 aliphatic carbocycles. The maximum atomic E-state index is 9.42. The molecule has 0 amide bonds. The number of hydrogen-bond donors (Lipinski definition) is 1. The second-order valence-electron chi connectivity index (χ2n) is 2.98. The minimum atomic E-state index is -0.409. The molecule has 2 unspecified atom stereocenters. The van der Waals surface area contributed by atoms with Crippen LogP contribution in [0, 0.1) is 0 Å². The van der Waals surface area contributed by atoms with Gasteiger partial charge < -0.3 is 5.11 Å². The van der Waals surface area contributed by atoms with Crippen LogP contribution in [0.15, 0.2) is 5.11 Å². The van der Waals surface area contributed by atoms with Crippen molar-refractivity contribution in [1.29, 1.82) is 0 Å². The molecule has 0 bridgehead atoms. The molecule has 0 saturated heterocycles. The van der Waals surface area contributed by atoms with Gasteiger partial charge in [0.1, 0.15) is 0 Å². The lowest BCUT2D eigenvalue weighted by Crippen LogP contribution is -2.21. The average Bonchev–Trinajstić information content (AvgIpc) is 2.18. The van der Waals surface area contributed by atoms with Crippen molar-refractivity contribution in [3.8, 4) is 0 Å². The lowest BCUT2D eigenvalue weighted by molar-refractivity contribution is 0.137. The summed E-state index contributed by atoms with van der Waals surface area (Å²) in [6.07, 6.45) is 4.48. The highest BCUT2D eigenvalue weighted by molar-refractivity contribution is 4.78. The van der Waals surface area contributed by atoms with Crippen molar-refractivity contribution >= 4 is 0 Å². The fourth-order valence-electron chi connectivity index (χ4n) is 1.47. The van der Waals surface area contributed by atoms with Crippen molar-refractivity contribution in [3.63, 3.8) is 0 Å². The quantitative estimate of drug-likeness (QED) is 0.267. The van der Waals surface area contributed by atoms with E-state index >= 15 is 0 Å². The highest BCUT2D eigenvalue weighted by atomic mass is 16.3. The Morgan fingerprint density at radius 1 is 1.27 bits per heavy atom. The molecule has 1 aliphatic rings. The lowest BCUT2D eigenvalue weighted by Gasteiger charge is -2.13. The van der Waals surface area contributed by atoms with Gasteiger partial charge in [-0.05, 0) is 18.4 Å². The summed E-state index contributed by atoms with van der Waals surface area (Å²) in [4.78, 5) is 2.72. The Labute approximate surface area is 65.9 Å². The summed E-state index contributed by atoms with van der Waals surface area (Å²) in [6, 6.07) is -0.178. The fraction of sp³-hybridized carbons (Fsp3) is 1.00. The van der Waals surface area contributed by atoms with E-state index in [0.29, 0.717) is 0 Å². The van der Waals surface area contributed by atoms with Crippen LogP contribution in [0.4, 0.5) is 0 Å². The summed E-state index contributed by atoms with van der Waals surface area (Å²) in [5, 5.41) is 13.0. The second kappa shape index (κ2) is 4.21. The third kappa shape index (κ3) is 2.41. The molecular weight excluding hydrogens is 142 g/mol. The molecule has 0 radical (unpaired) electrons. The third-order valence-corrected chi connectivity index (χ3v) is 2.14. The van der Waals surface area contributed by atoms with Crippen molar-refractivity contribution in [2.75, 3.05) is 0 Å². The standard InChI is InChI=1S/C7H13N3O/c8-10-9-6-4-2-1-3-5-7(6)11/h6-7,11H,1-5H2. The maximum absolute atomic E-state index is 9.42. The van der Waals surface area contributed by atoms with Gasteiger partial charge >= 0.3 is 0 Å². The number of aliphatic hydroxyl groups is 1. The first kappa shape index (κ1) is 8.37. The molecule has 0 aromatic rings. The molecule has 2 atom stereocenters. The van der Waals surface area contributed by atoms with Crippen molar-refractivity contribution in [1.82, 2.24) is 0 Å². The Bertz CT molecular complexity index is 165. The third-order valence-electron chi connectivity index (χ3n) is 2.14. The Kier molecular flexibility index (Phi) is 3.20. The summed E-state index contributed by atoms with van der Waals surface area (Å²) in [6.45, 7) is 0. The predicted molar refractivity (Wildman–Crippen MR) is 42.0 cm³/mol. The molecule has 62 valence electrons. The van der Waals surface area contributed by atoms with Crippen LogP contribution in [-0.2, 0) is 0 Å². The Balaban J connectivity index is 2.51. The zero-order valence-electron chi connectivity index (χ0n) is 6.48. The Morgan fingerprint density at radius 3 is 2.73 bits per heavy atom. The molecule has 1 N–H and O–H groups in total. The molecular formula is C7H13N3O. The van der Waals surface area contributed by atoms with Gasteiger partial charge in [-0.1, -0.05) is 24.4 Å². The van der Waals surface area contributed by atoms with Gasteiger partial charge in [0.25, 0.3) is 0 Å². The van der Waals surface area contributed by atoms with E-state index in [9.17, 15) is 5.11 Å². The van der Waals surface area contributed by atoms with Crippen molar-refractivity contribution in [3.05, 3.63) is 10.4 Å². The molecule has 0 aliphatic heterocycles. The van der Waals surface area contributed by atoms with Gasteiger partial charge in [0.05, 0.1) is 12.1 Å². The normalized spacial score (nSPS) is 32.1. The first-order chi connectivity index (χ1) is 5.34. The smallest absolute Gasteiger partial charge is 0.0633 e. The van der Waals surface area contributed by atoms with Crippen molar-refractivity contribution in [2.45, 2.75) is 44.2 Å². The van der Waals surface area contributed by atoms with Crippen LogP contribution < -0.4 is 0 Å². The minimum Gasteiger partial charge on any atom is -0.393 e. The summed E-state index contributed by atoms with van der Waals surface area (Å²) < 4.78 is 0. The zero-order chi connectivity index (χ0) is 8.10. The number of aliphatic hydroxyl groups excluding tert-OH is 1. The van der Waals surface area contributed by atoms with Crippen molar-refractivity contribution in [2.24, 2.45) is 5.11 Å². The van der Waals surface area contributed by atoms with E-state index in [-0.39, 0.29) is 6.04 Å². The van der Waals surface area contributed by atoms with Crippen LogP contribution in [0.3, 0.4) is 0 Å². The van der Waals surface area contributed by atoms with Gasteiger partial charge in [-0.3, -0.25) is 0 Å². The predicted octanol–water partition coefficient (Wildman–Crippen LogP) is 1.99. The number of hydrogen-bond acceptors (Lipinski definition) is 2. The summed E-state index contributed by atoms with van der Waals surface area (Å²) in [5.74, 6) is 0. The summed E-state index contributed by atoms with van der Waals surface area (Å²) in [7, 11) is 0. The van der Waals surface area contributed by atoms with E-state index in [0.717, 1.165) is 32.1 Å². The van der Waals surface area contributed by atoms with Gasteiger partial charge in [0.15, 0.2) is 0 Å². The molecule has 0 aromatic carbocycles. The van der Waals surface area contributed by atoms with E-state index in [1.54, 1.807) is 0 Å². The molecule has 0 aromatic heterocycles. The minimum absolute atomic E-state index is 0.178. The van der Waals surface area contributed by atoms with E-state index in [2.05, 4.69) is 10.0 Å². The highest BCUT2D eigenvalue weighted by Gasteiger charge is 2.19. The van der Waals surface area contributed by atoms with E-state index < -0.39 is 6.10 Å². The SMILES string of the molecule is [N-]=[N+]=NC1CCCCCC1O.